The van der Waals surface area contributed by atoms with Gasteiger partial charge in [0.2, 0.25) is 0 Å². The molecule has 0 amide bonds. The summed E-state index contributed by atoms with van der Waals surface area (Å²) in [6.45, 7) is 2.60. The highest BCUT2D eigenvalue weighted by molar-refractivity contribution is 5.75. The Hall–Kier alpha value is -1.82. The molecule has 1 rings (SSSR count). The largest absolute Gasteiger partial charge is 0.347 e. The molecule has 0 aromatic heterocycles. The second-order valence-corrected chi connectivity index (χ2v) is 2.95. The van der Waals surface area contributed by atoms with Crippen LogP contribution in [-0.2, 0) is 0 Å². The molecule has 0 unspecified atom stereocenters. The number of nitriles is 1. The van der Waals surface area contributed by atoms with Crippen LogP contribution in [-0.4, -0.2) is 12.9 Å². The van der Waals surface area contributed by atoms with E-state index in [2.05, 4.69) is 10.3 Å². The van der Waals surface area contributed by atoms with Crippen molar-refractivity contribution in [2.24, 2.45) is 4.99 Å². The number of hydrogen-bond acceptors (Lipinski definition) is 2. The second kappa shape index (κ2) is 5.76. The molecule has 0 fully saturated rings. The highest BCUT2D eigenvalue weighted by Gasteiger charge is 1.86. The fourth-order valence-electron chi connectivity index (χ4n) is 0.949. The molecule has 72 valence electrons. The highest BCUT2D eigenvalue weighted by Crippen LogP contribution is 2.06. The lowest BCUT2D eigenvalue weighted by molar-refractivity contribution is 1.02. The minimum atomic E-state index is 0.464. The maximum absolute atomic E-state index is 8.27. The van der Waals surface area contributed by atoms with Crippen LogP contribution in [0.4, 0.5) is 5.69 Å². The Morgan fingerprint density at radius 2 is 2.14 bits per heavy atom. The minimum Gasteiger partial charge on any atom is -0.347 e. The smallest absolute Gasteiger partial charge is 0.0868 e. The zero-order chi connectivity index (χ0) is 10.2. The van der Waals surface area contributed by atoms with Crippen molar-refractivity contribution in [2.75, 3.05) is 11.9 Å². The van der Waals surface area contributed by atoms with Gasteiger partial charge in [-0.2, -0.15) is 5.26 Å². The van der Waals surface area contributed by atoms with Crippen molar-refractivity contribution in [1.29, 1.82) is 5.26 Å². The number of aryl methyl sites for hydroxylation is 1. The summed E-state index contributed by atoms with van der Waals surface area (Å²) in [5.41, 5.74) is 2.24. The normalized spacial score (nSPS) is 10.0. The molecule has 0 saturated carbocycles. The Kier molecular flexibility index (Phi) is 4.22. The maximum atomic E-state index is 8.27. The summed E-state index contributed by atoms with van der Waals surface area (Å²) in [5, 5.41) is 11.3. The van der Waals surface area contributed by atoms with Crippen LogP contribution in [0.3, 0.4) is 0 Å². The first-order valence-electron chi connectivity index (χ1n) is 4.51. The highest BCUT2D eigenvalue weighted by atomic mass is 14.9. The molecule has 0 aliphatic heterocycles. The molecule has 1 aromatic rings. The van der Waals surface area contributed by atoms with Crippen molar-refractivity contribution in [1.82, 2.24) is 0 Å². The molecule has 0 radical (unpaired) electrons. The van der Waals surface area contributed by atoms with Gasteiger partial charge in [0.1, 0.15) is 0 Å². The van der Waals surface area contributed by atoms with Crippen LogP contribution in [0.15, 0.2) is 29.3 Å². The molecule has 0 atom stereocenters. The second-order valence-electron chi connectivity index (χ2n) is 2.95. The molecule has 0 aliphatic carbocycles. The SMILES string of the molecule is Cc1ccc(NC=NCCC#N)cc1. The molecule has 1 aromatic carbocycles. The van der Waals surface area contributed by atoms with E-state index in [0.717, 1.165) is 5.69 Å². The molecule has 0 spiro atoms. The summed E-state index contributed by atoms with van der Waals surface area (Å²) in [6.07, 6.45) is 2.09. The van der Waals surface area contributed by atoms with Crippen molar-refractivity contribution in [3.05, 3.63) is 29.8 Å². The van der Waals surface area contributed by atoms with Gasteiger partial charge in [0, 0.05) is 5.69 Å². The molecule has 0 saturated heterocycles. The van der Waals surface area contributed by atoms with Crippen molar-refractivity contribution in [3.63, 3.8) is 0 Å². The molecule has 3 nitrogen and oxygen atoms in total. The van der Waals surface area contributed by atoms with Crippen LogP contribution >= 0.6 is 0 Å². The van der Waals surface area contributed by atoms with Gasteiger partial charge >= 0.3 is 0 Å². The summed E-state index contributed by atoms with van der Waals surface area (Å²) in [6, 6.07) is 10.1. The van der Waals surface area contributed by atoms with Gasteiger partial charge in [-0.3, -0.25) is 4.99 Å². The van der Waals surface area contributed by atoms with E-state index >= 15 is 0 Å². The molecule has 0 heterocycles. The first-order valence-corrected chi connectivity index (χ1v) is 4.51. The predicted molar refractivity (Wildman–Crippen MR) is 58.4 cm³/mol. The monoisotopic (exact) mass is 187 g/mol. The third-order valence-corrected chi connectivity index (χ3v) is 1.73. The predicted octanol–water partition coefficient (Wildman–Crippen LogP) is 2.35. The number of aliphatic imine (C=N–C) groups is 1. The molecular formula is C11H13N3. The molecule has 14 heavy (non-hydrogen) atoms. The number of rotatable bonds is 4. The third kappa shape index (κ3) is 3.72. The van der Waals surface area contributed by atoms with Crippen LogP contribution in [0.2, 0.25) is 0 Å². The Balaban J connectivity index is 2.35. The number of benzene rings is 1. The van der Waals surface area contributed by atoms with Crippen molar-refractivity contribution in [3.8, 4) is 6.07 Å². The topological polar surface area (TPSA) is 48.2 Å². The first kappa shape index (κ1) is 10.3. The van der Waals surface area contributed by atoms with E-state index < -0.39 is 0 Å². The van der Waals surface area contributed by atoms with Crippen molar-refractivity contribution >= 4 is 12.0 Å². The third-order valence-electron chi connectivity index (χ3n) is 1.73. The van der Waals surface area contributed by atoms with Gasteiger partial charge in [0.05, 0.1) is 25.4 Å². The van der Waals surface area contributed by atoms with E-state index in [1.54, 1.807) is 6.34 Å². The zero-order valence-corrected chi connectivity index (χ0v) is 8.20. The summed E-state index contributed by atoms with van der Waals surface area (Å²) in [7, 11) is 0. The van der Waals surface area contributed by atoms with E-state index in [1.807, 2.05) is 37.3 Å². The van der Waals surface area contributed by atoms with Crippen molar-refractivity contribution in [2.45, 2.75) is 13.3 Å². The Morgan fingerprint density at radius 1 is 1.43 bits per heavy atom. The molecule has 0 aliphatic rings. The van der Waals surface area contributed by atoms with E-state index in [0.29, 0.717) is 13.0 Å². The minimum absolute atomic E-state index is 0.464. The number of hydrogen-bond donors (Lipinski definition) is 1. The van der Waals surface area contributed by atoms with Crippen molar-refractivity contribution < 1.29 is 0 Å². The van der Waals surface area contributed by atoms with Crippen LogP contribution in [0, 0.1) is 18.3 Å². The Morgan fingerprint density at radius 3 is 2.79 bits per heavy atom. The quantitative estimate of drug-likeness (QED) is 0.447. The lowest BCUT2D eigenvalue weighted by Gasteiger charge is -1.99. The fraction of sp³-hybridized carbons (Fsp3) is 0.273. The van der Waals surface area contributed by atoms with Gasteiger partial charge in [-0.05, 0) is 19.1 Å². The molecule has 1 N–H and O–H groups in total. The Bertz CT molecular complexity index is 333. The van der Waals surface area contributed by atoms with E-state index in [4.69, 9.17) is 5.26 Å². The lowest BCUT2D eigenvalue weighted by atomic mass is 10.2. The first-order chi connectivity index (χ1) is 6.83. The van der Waals surface area contributed by atoms with Gasteiger partial charge in [0.25, 0.3) is 0 Å². The van der Waals surface area contributed by atoms with E-state index in [1.165, 1.54) is 5.56 Å². The molecule has 0 bridgehead atoms. The van der Waals surface area contributed by atoms with Crippen LogP contribution in [0.1, 0.15) is 12.0 Å². The maximum Gasteiger partial charge on any atom is 0.0868 e. The fourth-order valence-corrected chi connectivity index (χ4v) is 0.949. The van der Waals surface area contributed by atoms with Gasteiger partial charge in [-0.25, -0.2) is 0 Å². The van der Waals surface area contributed by atoms with Crippen LogP contribution < -0.4 is 5.32 Å². The summed E-state index contributed by atoms with van der Waals surface area (Å²) >= 11 is 0. The van der Waals surface area contributed by atoms with Gasteiger partial charge in [-0.1, -0.05) is 17.7 Å². The van der Waals surface area contributed by atoms with E-state index in [-0.39, 0.29) is 0 Å². The van der Waals surface area contributed by atoms with Crippen LogP contribution in [0.5, 0.6) is 0 Å². The Labute approximate surface area is 84.1 Å². The van der Waals surface area contributed by atoms with Gasteiger partial charge < -0.3 is 5.32 Å². The standard InChI is InChI=1S/C11H13N3/c1-10-3-5-11(6-4-10)14-9-13-8-2-7-12/h3-6,9H,2,8H2,1H3,(H,13,14). The number of nitrogens with zero attached hydrogens (tertiary/aromatic N) is 2. The molecular weight excluding hydrogens is 174 g/mol. The number of anilines is 1. The van der Waals surface area contributed by atoms with Crippen LogP contribution in [0.25, 0.3) is 0 Å². The summed E-state index contributed by atoms with van der Waals surface area (Å²) < 4.78 is 0. The van der Waals surface area contributed by atoms with Gasteiger partial charge in [-0.15, -0.1) is 0 Å². The molecule has 3 heteroatoms. The number of nitrogens with one attached hydrogen (secondary N) is 1. The average Bonchev–Trinajstić information content (AvgIpc) is 2.21. The summed E-state index contributed by atoms with van der Waals surface area (Å²) in [5.74, 6) is 0. The lowest BCUT2D eigenvalue weighted by Crippen LogP contribution is -1.95. The van der Waals surface area contributed by atoms with E-state index in [9.17, 15) is 0 Å². The zero-order valence-electron chi connectivity index (χ0n) is 8.20. The average molecular weight is 187 g/mol. The van der Waals surface area contributed by atoms with Gasteiger partial charge in [0.15, 0.2) is 0 Å². The summed E-state index contributed by atoms with van der Waals surface area (Å²) in [4.78, 5) is 4.02.